The Morgan fingerprint density at radius 3 is 2.67 bits per heavy atom. The van der Waals surface area contributed by atoms with Gasteiger partial charge in [-0.15, -0.1) is 0 Å². The molecule has 0 bridgehead atoms. The lowest BCUT2D eigenvalue weighted by Gasteiger charge is -2.29. The van der Waals surface area contributed by atoms with Crippen molar-refractivity contribution in [3.8, 4) is 0 Å². The van der Waals surface area contributed by atoms with Crippen molar-refractivity contribution in [3.63, 3.8) is 0 Å². The van der Waals surface area contributed by atoms with Gasteiger partial charge in [-0.1, -0.05) is 18.9 Å². The lowest BCUT2D eigenvalue weighted by atomic mass is 9.92. The highest BCUT2D eigenvalue weighted by Gasteiger charge is 2.27. The van der Waals surface area contributed by atoms with Crippen LogP contribution in [0.25, 0.3) is 0 Å². The summed E-state index contributed by atoms with van der Waals surface area (Å²) in [5.41, 5.74) is 5.89. The summed E-state index contributed by atoms with van der Waals surface area (Å²) in [5, 5.41) is 0. The molecule has 1 saturated carbocycles. The van der Waals surface area contributed by atoms with Crippen molar-refractivity contribution in [2.75, 3.05) is 0 Å². The van der Waals surface area contributed by atoms with Crippen LogP contribution >= 0.6 is 0 Å². The summed E-state index contributed by atoms with van der Waals surface area (Å²) in [7, 11) is -3.69. The molecule has 6 heteroatoms. The molecule has 0 unspecified atom stereocenters. The van der Waals surface area contributed by atoms with Crippen molar-refractivity contribution in [1.29, 1.82) is 0 Å². The van der Waals surface area contributed by atoms with Crippen LogP contribution in [0.5, 0.6) is 0 Å². The van der Waals surface area contributed by atoms with Crippen LogP contribution in [0, 0.1) is 5.82 Å². The van der Waals surface area contributed by atoms with Crippen molar-refractivity contribution in [2.45, 2.75) is 42.7 Å². The molecule has 1 aliphatic carbocycles. The number of halogens is 1. The van der Waals surface area contributed by atoms with E-state index in [1.807, 2.05) is 0 Å². The Bertz CT molecular complexity index is 519. The minimum absolute atomic E-state index is 0.0553. The Morgan fingerprint density at radius 2 is 2.00 bits per heavy atom. The second kappa shape index (κ2) is 5.34. The monoisotopic (exact) mass is 272 g/mol. The number of sulfonamides is 1. The van der Waals surface area contributed by atoms with E-state index in [-0.39, 0.29) is 17.0 Å². The summed E-state index contributed by atoms with van der Waals surface area (Å²) in [6.45, 7) is 0. The predicted octanol–water partition coefficient (Wildman–Crippen LogP) is 1.37. The summed E-state index contributed by atoms with van der Waals surface area (Å²) in [4.78, 5) is -0.0553. The molecule has 0 aromatic heterocycles. The minimum atomic E-state index is -3.69. The van der Waals surface area contributed by atoms with Crippen LogP contribution in [-0.4, -0.2) is 20.5 Å². The van der Waals surface area contributed by atoms with Gasteiger partial charge in [-0.2, -0.15) is 0 Å². The lowest BCUT2D eigenvalue weighted by molar-refractivity contribution is 0.361. The third-order valence-corrected chi connectivity index (χ3v) is 4.72. The van der Waals surface area contributed by atoms with E-state index in [0.29, 0.717) is 0 Å². The summed E-state index contributed by atoms with van der Waals surface area (Å²) in [6.07, 6.45) is 3.54. The van der Waals surface area contributed by atoms with Crippen LogP contribution in [-0.2, 0) is 10.0 Å². The fourth-order valence-electron chi connectivity index (χ4n) is 2.21. The van der Waals surface area contributed by atoms with Gasteiger partial charge in [-0.05, 0) is 31.0 Å². The fourth-order valence-corrected chi connectivity index (χ4v) is 3.56. The zero-order valence-electron chi connectivity index (χ0n) is 9.97. The molecule has 0 amide bonds. The smallest absolute Gasteiger partial charge is 0.240 e. The van der Waals surface area contributed by atoms with Crippen molar-refractivity contribution < 1.29 is 12.8 Å². The maximum Gasteiger partial charge on any atom is 0.240 e. The third-order valence-electron chi connectivity index (χ3n) is 3.23. The molecule has 2 atom stereocenters. The molecule has 1 aromatic carbocycles. The van der Waals surface area contributed by atoms with Gasteiger partial charge in [0.05, 0.1) is 4.90 Å². The topological polar surface area (TPSA) is 72.2 Å². The van der Waals surface area contributed by atoms with E-state index in [0.717, 1.165) is 31.7 Å². The molecular formula is C12H17FN2O2S. The van der Waals surface area contributed by atoms with E-state index in [9.17, 15) is 12.8 Å². The molecular weight excluding hydrogens is 255 g/mol. The van der Waals surface area contributed by atoms with Crippen molar-refractivity contribution in [1.82, 2.24) is 4.72 Å². The normalized spacial score (nSPS) is 25.0. The zero-order valence-corrected chi connectivity index (χ0v) is 10.8. The van der Waals surface area contributed by atoms with Gasteiger partial charge in [0.1, 0.15) is 5.82 Å². The Morgan fingerprint density at radius 1 is 1.28 bits per heavy atom. The standard InChI is InChI=1S/C12H17FN2O2S/c13-9-4-3-5-10(8-9)18(16,17)15-12-7-2-1-6-11(12)14/h3-5,8,11-12,15H,1-2,6-7,14H2/t11-,12-/m1/s1. The third kappa shape index (κ3) is 3.07. The summed E-state index contributed by atoms with van der Waals surface area (Å²) in [6, 6.07) is 4.56. The lowest BCUT2D eigenvalue weighted by Crippen LogP contribution is -2.49. The van der Waals surface area contributed by atoms with Gasteiger partial charge in [0.15, 0.2) is 0 Å². The number of hydrogen-bond acceptors (Lipinski definition) is 3. The molecule has 4 nitrogen and oxygen atoms in total. The van der Waals surface area contributed by atoms with Crippen LogP contribution in [0.2, 0.25) is 0 Å². The molecule has 3 N–H and O–H groups in total. The largest absolute Gasteiger partial charge is 0.326 e. The van der Waals surface area contributed by atoms with Gasteiger partial charge < -0.3 is 5.73 Å². The first-order chi connectivity index (χ1) is 8.49. The van der Waals surface area contributed by atoms with E-state index >= 15 is 0 Å². The van der Waals surface area contributed by atoms with Crippen molar-refractivity contribution >= 4 is 10.0 Å². The molecule has 0 radical (unpaired) electrons. The van der Waals surface area contributed by atoms with Crippen LogP contribution in [0.4, 0.5) is 4.39 Å². The van der Waals surface area contributed by atoms with E-state index in [2.05, 4.69) is 4.72 Å². The number of rotatable bonds is 3. The zero-order chi connectivity index (χ0) is 13.2. The Kier molecular flexibility index (Phi) is 3.99. The maximum atomic E-state index is 13.0. The van der Waals surface area contributed by atoms with Gasteiger partial charge in [0.2, 0.25) is 10.0 Å². The molecule has 0 heterocycles. The molecule has 18 heavy (non-hydrogen) atoms. The predicted molar refractivity (Wildman–Crippen MR) is 67.0 cm³/mol. The van der Waals surface area contributed by atoms with Gasteiger partial charge in [0.25, 0.3) is 0 Å². The Hall–Kier alpha value is -0.980. The minimum Gasteiger partial charge on any atom is -0.326 e. The first kappa shape index (κ1) is 13.5. The van der Waals surface area contributed by atoms with Gasteiger partial charge in [-0.3, -0.25) is 0 Å². The number of nitrogens with one attached hydrogen (secondary N) is 1. The second-order valence-corrected chi connectivity index (χ2v) is 6.35. The van der Waals surface area contributed by atoms with Gasteiger partial charge in [0, 0.05) is 12.1 Å². The molecule has 1 fully saturated rings. The molecule has 1 aliphatic rings. The highest BCUT2D eigenvalue weighted by atomic mass is 32.2. The van der Waals surface area contributed by atoms with E-state index in [1.165, 1.54) is 18.2 Å². The SMILES string of the molecule is N[C@@H]1CCCC[C@H]1NS(=O)(=O)c1cccc(F)c1. The van der Waals surface area contributed by atoms with E-state index < -0.39 is 15.8 Å². The number of hydrogen-bond donors (Lipinski definition) is 2. The average Bonchev–Trinajstić information content (AvgIpc) is 2.32. The van der Waals surface area contributed by atoms with Crippen LogP contribution in [0.15, 0.2) is 29.2 Å². The van der Waals surface area contributed by atoms with Crippen LogP contribution < -0.4 is 10.5 Å². The van der Waals surface area contributed by atoms with Crippen LogP contribution in [0.1, 0.15) is 25.7 Å². The number of benzene rings is 1. The summed E-state index contributed by atoms with van der Waals surface area (Å²) >= 11 is 0. The molecule has 0 aliphatic heterocycles. The Balaban J connectivity index is 2.16. The van der Waals surface area contributed by atoms with E-state index in [1.54, 1.807) is 0 Å². The summed E-state index contributed by atoms with van der Waals surface area (Å²) < 4.78 is 39.7. The molecule has 2 rings (SSSR count). The Labute approximate surface area is 106 Å². The second-order valence-electron chi connectivity index (χ2n) is 4.63. The molecule has 100 valence electrons. The molecule has 1 aromatic rings. The highest BCUT2D eigenvalue weighted by molar-refractivity contribution is 7.89. The molecule has 0 spiro atoms. The summed E-state index contributed by atoms with van der Waals surface area (Å²) in [5.74, 6) is -0.564. The van der Waals surface area contributed by atoms with Crippen LogP contribution in [0.3, 0.4) is 0 Å². The first-order valence-electron chi connectivity index (χ1n) is 6.02. The van der Waals surface area contributed by atoms with Gasteiger partial charge >= 0.3 is 0 Å². The van der Waals surface area contributed by atoms with Crippen molar-refractivity contribution in [3.05, 3.63) is 30.1 Å². The van der Waals surface area contributed by atoms with E-state index in [4.69, 9.17) is 5.73 Å². The fraction of sp³-hybridized carbons (Fsp3) is 0.500. The quantitative estimate of drug-likeness (QED) is 0.873. The highest BCUT2D eigenvalue weighted by Crippen LogP contribution is 2.19. The first-order valence-corrected chi connectivity index (χ1v) is 7.51. The maximum absolute atomic E-state index is 13.0. The molecule has 0 saturated heterocycles. The van der Waals surface area contributed by atoms with Gasteiger partial charge in [-0.25, -0.2) is 17.5 Å². The average molecular weight is 272 g/mol. The van der Waals surface area contributed by atoms with Crippen molar-refractivity contribution in [2.24, 2.45) is 5.73 Å². The number of nitrogens with two attached hydrogens (primary N) is 1.